The summed E-state index contributed by atoms with van der Waals surface area (Å²) in [7, 11) is 0. The molecule has 144 valence electrons. The Morgan fingerprint density at radius 3 is 2.85 bits per heavy atom. The summed E-state index contributed by atoms with van der Waals surface area (Å²) in [6.45, 7) is 2.38. The standard InChI is InChI=1S/C20H27N5O2/c26-19-20(27,9-4-10-24(19)12-16-5-3-6-16)13-21-11-17-7-1-2-8-18(17)25-15-22-14-23-25/h1-2,7-8,14-16,21,27H,3-6,9-13H2. The highest BCUT2D eigenvalue weighted by molar-refractivity contribution is 5.86. The van der Waals surface area contributed by atoms with Crippen molar-refractivity contribution in [1.82, 2.24) is 25.0 Å². The predicted molar refractivity (Wildman–Crippen MR) is 101 cm³/mol. The van der Waals surface area contributed by atoms with E-state index in [1.54, 1.807) is 11.0 Å². The van der Waals surface area contributed by atoms with Gasteiger partial charge in [-0.05, 0) is 43.2 Å². The molecule has 2 fully saturated rings. The van der Waals surface area contributed by atoms with E-state index < -0.39 is 5.60 Å². The van der Waals surface area contributed by atoms with Crippen molar-refractivity contribution in [2.45, 2.75) is 44.2 Å². The molecule has 0 radical (unpaired) electrons. The lowest BCUT2D eigenvalue weighted by Crippen LogP contribution is -2.58. The zero-order valence-electron chi connectivity index (χ0n) is 15.5. The van der Waals surface area contributed by atoms with Gasteiger partial charge in [0.05, 0.1) is 5.69 Å². The Balaban J connectivity index is 1.37. The maximum absolute atomic E-state index is 12.8. The molecule has 7 nitrogen and oxygen atoms in total. The van der Waals surface area contributed by atoms with E-state index in [9.17, 15) is 9.90 Å². The van der Waals surface area contributed by atoms with Crippen molar-refractivity contribution < 1.29 is 9.90 Å². The van der Waals surface area contributed by atoms with Gasteiger partial charge in [-0.2, -0.15) is 5.10 Å². The van der Waals surface area contributed by atoms with Crippen LogP contribution in [-0.2, 0) is 11.3 Å². The number of piperidine rings is 1. The quantitative estimate of drug-likeness (QED) is 0.773. The smallest absolute Gasteiger partial charge is 0.255 e. The summed E-state index contributed by atoms with van der Waals surface area (Å²) in [5, 5.41) is 18.4. The van der Waals surface area contributed by atoms with Crippen molar-refractivity contribution in [3.05, 3.63) is 42.5 Å². The summed E-state index contributed by atoms with van der Waals surface area (Å²) < 4.78 is 1.72. The third-order valence-corrected chi connectivity index (χ3v) is 5.80. The number of amides is 1. The molecule has 4 rings (SSSR count). The van der Waals surface area contributed by atoms with Gasteiger partial charge in [-0.25, -0.2) is 9.67 Å². The molecular weight excluding hydrogens is 342 g/mol. The number of benzene rings is 1. The second-order valence-corrected chi connectivity index (χ2v) is 7.76. The van der Waals surface area contributed by atoms with E-state index in [1.807, 2.05) is 29.2 Å². The van der Waals surface area contributed by atoms with Gasteiger partial charge in [0.15, 0.2) is 5.60 Å². The Labute approximate surface area is 159 Å². The lowest BCUT2D eigenvalue weighted by Gasteiger charge is -2.41. The number of carbonyl (C=O) groups is 1. The molecule has 1 aromatic carbocycles. The minimum atomic E-state index is -1.30. The number of rotatable bonds is 7. The molecule has 1 saturated heterocycles. The highest BCUT2D eigenvalue weighted by Crippen LogP contribution is 2.30. The van der Waals surface area contributed by atoms with Crippen LogP contribution in [0, 0.1) is 5.92 Å². The van der Waals surface area contributed by atoms with Crippen LogP contribution in [0.15, 0.2) is 36.9 Å². The zero-order valence-corrected chi connectivity index (χ0v) is 15.5. The summed E-state index contributed by atoms with van der Waals surface area (Å²) in [6.07, 6.45) is 8.22. The lowest BCUT2D eigenvalue weighted by atomic mass is 9.83. The molecule has 2 heterocycles. The number of aromatic nitrogens is 3. The van der Waals surface area contributed by atoms with E-state index in [0.29, 0.717) is 18.9 Å². The van der Waals surface area contributed by atoms with Crippen LogP contribution in [0.4, 0.5) is 0 Å². The first-order valence-electron chi connectivity index (χ1n) is 9.81. The molecule has 2 aromatic rings. The number of likely N-dealkylation sites (tertiary alicyclic amines) is 1. The predicted octanol–water partition coefficient (Wildman–Crippen LogP) is 1.51. The van der Waals surface area contributed by atoms with Crippen LogP contribution >= 0.6 is 0 Å². The fraction of sp³-hybridized carbons (Fsp3) is 0.550. The van der Waals surface area contributed by atoms with E-state index in [0.717, 1.165) is 30.8 Å². The van der Waals surface area contributed by atoms with Gasteiger partial charge in [0.25, 0.3) is 5.91 Å². The first-order chi connectivity index (χ1) is 13.2. The number of nitrogens with zero attached hydrogens (tertiary/aromatic N) is 4. The molecule has 1 saturated carbocycles. The van der Waals surface area contributed by atoms with Gasteiger partial charge < -0.3 is 15.3 Å². The minimum absolute atomic E-state index is 0.113. The molecule has 1 unspecified atom stereocenters. The van der Waals surface area contributed by atoms with Crippen molar-refractivity contribution >= 4 is 5.91 Å². The molecule has 2 aliphatic rings. The van der Waals surface area contributed by atoms with Crippen molar-refractivity contribution in [1.29, 1.82) is 0 Å². The number of hydrogen-bond donors (Lipinski definition) is 2. The van der Waals surface area contributed by atoms with Crippen LogP contribution in [0.2, 0.25) is 0 Å². The van der Waals surface area contributed by atoms with Crippen molar-refractivity contribution in [3.8, 4) is 5.69 Å². The monoisotopic (exact) mass is 369 g/mol. The third kappa shape index (κ3) is 3.89. The summed E-state index contributed by atoms with van der Waals surface area (Å²) in [5.41, 5.74) is 0.682. The van der Waals surface area contributed by atoms with E-state index in [1.165, 1.54) is 25.6 Å². The molecule has 1 amide bonds. The number of aliphatic hydroxyl groups is 1. The Morgan fingerprint density at radius 1 is 1.26 bits per heavy atom. The first-order valence-corrected chi connectivity index (χ1v) is 9.81. The van der Waals surface area contributed by atoms with Gasteiger partial charge in [0.1, 0.15) is 12.7 Å². The van der Waals surface area contributed by atoms with Crippen LogP contribution in [0.25, 0.3) is 5.69 Å². The molecule has 1 atom stereocenters. The van der Waals surface area contributed by atoms with Crippen LogP contribution in [-0.4, -0.2) is 55.9 Å². The maximum atomic E-state index is 12.8. The van der Waals surface area contributed by atoms with E-state index in [-0.39, 0.29) is 12.5 Å². The van der Waals surface area contributed by atoms with Crippen LogP contribution in [0.3, 0.4) is 0 Å². The normalized spacial score (nSPS) is 23.4. The molecule has 0 spiro atoms. The van der Waals surface area contributed by atoms with Crippen molar-refractivity contribution in [2.75, 3.05) is 19.6 Å². The van der Waals surface area contributed by atoms with E-state index in [4.69, 9.17) is 0 Å². The van der Waals surface area contributed by atoms with Gasteiger partial charge in [0, 0.05) is 26.2 Å². The first kappa shape index (κ1) is 18.1. The fourth-order valence-corrected chi connectivity index (χ4v) is 4.01. The molecule has 27 heavy (non-hydrogen) atoms. The molecule has 1 aliphatic carbocycles. The van der Waals surface area contributed by atoms with Crippen molar-refractivity contribution in [2.24, 2.45) is 5.92 Å². The Bertz CT molecular complexity index is 774. The molecule has 7 heteroatoms. The van der Waals surface area contributed by atoms with Crippen molar-refractivity contribution in [3.63, 3.8) is 0 Å². The minimum Gasteiger partial charge on any atom is -0.379 e. The number of para-hydroxylation sites is 1. The zero-order chi connectivity index (χ0) is 18.7. The largest absolute Gasteiger partial charge is 0.379 e. The Morgan fingerprint density at radius 2 is 2.11 bits per heavy atom. The highest BCUT2D eigenvalue weighted by atomic mass is 16.3. The second kappa shape index (κ2) is 7.78. The number of hydrogen-bond acceptors (Lipinski definition) is 5. The number of nitrogens with one attached hydrogen (secondary N) is 1. The SMILES string of the molecule is O=C1N(CC2CCC2)CCCC1(O)CNCc1ccccc1-n1cncn1. The summed E-state index contributed by atoms with van der Waals surface area (Å²) in [5.74, 6) is 0.511. The average Bonchev–Trinajstić information content (AvgIpc) is 3.16. The Kier molecular flexibility index (Phi) is 5.22. The highest BCUT2D eigenvalue weighted by Gasteiger charge is 2.42. The summed E-state index contributed by atoms with van der Waals surface area (Å²) in [6, 6.07) is 7.92. The van der Waals surface area contributed by atoms with Crippen LogP contribution in [0.1, 0.15) is 37.7 Å². The van der Waals surface area contributed by atoms with Crippen LogP contribution < -0.4 is 5.32 Å². The fourth-order valence-electron chi connectivity index (χ4n) is 4.01. The maximum Gasteiger partial charge on any atom is 0.255 e. The summed E-state index contributed by atoms with van der Waals surface area (Å²) >= 11 is 0. The molecule has 2 N–H and O–H groups in total. The Hall–Kier alpha value is -2.25. The van der Waals surface area contributed by atoms with Crippen LogP contribution in [0.5, 0.6) is 0 Å². The second-order valence-electron chi connectivity index (χ2n) is 7.76. The van der Waals surface area contributed by atoms with Gasteiger partial charge in [-0.1, -0.05) is 24.6 Å². The lowest BCUT2D eigenvalue weighted by molar-refractivity contribution is -0.157. The molecule has 1 aromatic heterocycles. The van der Waals surface area contributed by atoms with E-state index in [2.05, 4.69) is 15.4 Å². The van der Waals surface area contributed by atoms with E-state index >= 15 is 0 Å². The third-order valence-electron chi connectivity index (χ3n) is 5.80. The number of carbonyl (C=O) groups excluding carboxylic acids is 1. The van der Waals surface area contributed by atoms with Gasteiger partial charge in [-0.3, -0.25) is 4.79 Å². The topological polar surface area (TPSA) is 83.3 Å². The molecular formula is C20H27N5O2. The van der Waals surface area contributed by atoms with Gasteiger partial charge in [0.2, 0.25) is 0 Å². The van der Waals surface area contributed by atoms with Gasteiger partial charge >= 0.3 is 0 Å². The van der Waals surface area contributed by atoms with Gasteiger partial charge in [-0.15, -0.1) is 0 Å². The molecule has 1 aliphatic heterocycles. The summed E-state index contributed by atoms with van der Waals surface area (Å²) in [4.78, 5) is 18.7. The average molecular weight is 369 g/mol. The molecule has 0 bridgehead atoms.